The summed E-state index contributed by atoms with van der Waals surface area (Å²) >= 11 is 0. The molecule has 0 aromatic carbocycles. The fourth-order valence-electron chi connectivity index (χ4n) is 1.93. The van der Waals surface area contributed by atoms with E-state index in [1.165, 1.54) is 19.3 Å². The predicted octanol–water partition coefficient (Wildman–Crippen LogP) is 3.31. The number of ether oxygens (including phenoxy) is 2. The first-order valence-electron chi connectivity index (χ1n) is 6.94. The number of carbonyl (C=O) groups is 1. The van der Waals surface area contributed by atoms with Gasteiger partial charge in [0.05, 0.1) is 6.10 Å². The molecule has 0 aromatic heterocycles. The Hall–Kier alpha value is -0.570. The van der Waals surface area contributed by atoms with Crippen molar-refractivity contribution < 1.29 is 14.3 Å². The van der Waals surface area contributed by atoms with E-state index in [4.69, 9.17) is 9.47 Å². The minimum absolute atomic E-state index is 0.0958. The lowest BCUT2D eigenvalue weighted by atomic mass is 10.0. The first kappa shape index (κ1) is 14.5. The van der Waals surface area contributed by atoms with Crippen molar-refractivity contribution in [1.82, 2.24) is 0 Å². The molecule has 1 aliphatic rings. The first-order valence-corrected chi connectivity index (χ1v) is 6.94. The third kappa shape index (κ3) is 6.67. The van der Waals surface area contributed by atoms with Crippen molar-refractivity contribution in [2.45, 2.75) is 71.5 Å². The second-order valence-electron chi connectivity index (χ2n) is 5.32. The first-order chi connectivity index (χ1) is 8.13. The number of epoxide rings is 1. The predicted molar refractivity (Wildman–Crippen MR) is 67.8 cm³/mol. The van der Waals surface area contributed by atoms with Gasteiger partial charge in [-0.3, -0.25) is 4.79 Å². The van der Waals surface area contributed by atoms with Crippen LogP contribution in [0.2, 0.25) is 0 Å². The number of esters is 1. The van der Waals surface area contributed by atoms with E-state index in [0.29, 0.717) is 19.1 Å². The van der Waals surface area contributed by atoms with Crippen molar-refractivity contribution in [2.24, 2.45) is 5.92 Å². The van der Waals surface area contributed by atoms with Gasteiger partial charge in [0.2, 0.25) is 0 Å². The molecule has 1 saturated heterocycles. The molecule has 2 atom stereocenters. The van der Waals surface area contributed by atoms with Gasteiger partial charge in [-0.1, -0.05) is 40.0 Å². The Bertz CT molecular complexity index is 226. The summed E-state index contributed by atoms with van der Waals surface area (Å²) < 4.78 is 10.6. The van der Waals surface area contributed by atoms with Crippen LogP contribution in [0.1, 0.15) is 59.3 Å². The highest BCUT2D eigenvalue weighted by Crippen LogP contribution is 2.28. The summed E-state index contributed by atoms with van der Waals surface area (Å²) in [6.45, 7) is 6.94. The van der Waals surface area contributed by atoms with Crippen LogP contribution in [0.4, 0.5) is 0 Å². The number of rotatable bonds is 9. The van der Waals surface area contributed by atoms with E-state index >= 15 is 0 Å². The average Bonchev–Trinajstić information content (AvgIpc) is 3.01. The monoisotopic (exact) mass is 242 g/mol. The fourth-order valence-corrected chi connectivity index (χ4v) is 1.93. The Labute approximate surface area is 105 Å². The molecule has 0 spiro atoms. The van der Waals surface area contributed by atoms with Crippen LogP contribution in [-0.2, 0) is 14.3 Å². The van der Waals surface area contributed by atoms with Crippen molar-refractivity contribution >= 4 is 5.97 Å². The summed E-state index contributed by atoms with van der Waals surface area (Å²) in [5.74, 6) is 0.697. The smallest absolute Gasteiger partial charge is 0.305 e. The van der Waals surface area contributed by atoms with Gasteiger partial charge in [-0.25, -0.2) is 0 Å². The average molecular weight is 242 g/mol. The summed E-state index contributed by atoms with van der Waals surface area (Å²) in [7, 11) is 0. The van der Waals surface area contributed by atoms with Crippen LogP contribution < -0.4 is 0 Å². The molecule has 1 fully saturated rings. The van der Waals surface area contributed by atoms with Crippen molar-refractivity contribution in [2.75, 3.05) is 6.61 Å². The molecular formula is C14H26O3. The molecule has 2 unspecified atom stereocenters. The Balaban J connectivity index is 1.93. The summed E-state index contributed by atoms with van der Waals surface area (Å²) in [4.78, 5) is 11.1. The van der Waals surface area contributed by atoms with Crippen LogP contribution in [0.5, 0.6) is 0 Å². The maximum atomic E-state index is 11.1. The molecule has 0 aliphatic carbocycles. The van der Waals surface area contributed by atoms with Gasteiger partial charge in [0, 0.05) is 6.42 Å². The highest BCUT2D eigenvalue weighted by Gasteiger charge is 2.38. The Kier molecular flexibility index (Phi) is 6.56. The summed E-state index contributed by atoms with van der Waals surface area (Å²) in [5.41, 5.74) is 0. The molecule has 0 amide bonds. The van der Waals surface area contributed by atoms with E-state index in [0.717, 1.165) is 18.8 Å². The van der Waals surface area contributed by atoms with Crippen LogP contribution >= 0.6 is 0 Å². The topological polar surface area (TPSA) is 38.8 Å². The molecule has 1 rings (SSSR count). The summed E-state index contributed by atoms with van der Waals surface area (Å²) in [6.07, 6.45) is 6.80. The van der Waals surface area contributed by atoms with Crippen molar-refractivity contribution in [3.8, 4) is 0 Å². The van der Waals surface area contributed by atoms with Gasteiger partial charge in [-0.2, -0.15) is 0 Å². The summed E-state index contributed by atoms with van der Waals surface area (Å²) in [5, 5.41) is 0. The SMILES string of the molecule is CCCC(=O)OCC1OC1CCCCC(C)C. The number of unbranched alkanes of at least 4 members (excludes halogenated alkanes) is 1. The van der Waals surface area contributed by atoms with Gasteiger partial charge in [-0.05, 0) is 18.8 Å². The van der Waals surface area contributed by atoms with Gasteiger partial charge < -0.3 is 9.47 Å². The second kappa shape index (κ2) is 7.70. The van der Waals surface area contributed by atoms with Gasteiger partial charge in [0.15, 0.2) is 0 Å². The van der Waals surface area contributed by atoms with Crippen LogP contribution in [0.15, 0.2) is 0 Å². The molecule has 0 bridgehead atoms. The van der Waals surface area contributed by atoms with Gasteiger partial charge in [-0.15, -0.1) is 0 Å². The van der Waals surface area contributed by atoms with Crippen molar-refractivity contribution in [3.63, 3.8) is 0 Å². The van der Waals surface area contributed by atoms with Gasteiger partial charge >= 0.3 is 5.97 Å². The molecule has 17 heavy (non-hydrogen) atoms. The molecule has 0 radical (unpaired) electrons. The minimum atomic E-state index is -0.0958. The number of hydrogen-bond donors (Lipinski definition) is 0. The maximum Gasteiger partial charge on any atom is 0.305 e. The van der Waals surface area contributed by atoms with Gasteiger partial charge in [0.25, 0.3) is 0 Å². The van der Waals surface area contributed by atoms with Crippen LogP contribution in [0.3, 0.4) is 0 Å². The lowest BCUT2D eigenvalue weighted by Crippen LogP contribution is -2.11. The lowest BCUT2D eigenvalue weighted by Gasteiger charge is -2.03. The fraction of sp³-hybridized carbons (Fsp3) is 0.929. The van der Waals surface area contributed by atoms with E-state index in [2.05, 4.69) is 13.8 Å². The zero-order valence-corrected chi connectivity index (χ0v) is 11.4. The highest BCUT2D eigenvalue weighted by atomic mass is 16.6. The van der Waals surface area contributed by atoms with Crippen molar-refractivity contribution in [1.29, 1.82) is 0 Å². The second-order valence-corrected chi connectivity index (χ2v) is 5.32. The van der Waals surface area contributed by atoms with Crippen LogP contribution in [0, 0.1) is 5.92 Å². The standard InChI is InChI=1S/C14H26O3/c1-4-7-14(15)16-10-13-12(17-13)9-6-5-8-11(2)3/h11-13H,4-10H2,1-3H3. The molecule has 3 heteroatoms. The third-order valence-corrected chi connectivity index (χ3v) is 3.07. The number of carbonyl (C=O) groups excluding carboxylic acids is 1. The maximum absolute atomic E-state index is 11.1. The molecule has 1 heterocycles. The molecule has 100 valence electrons. The minimum Gasteiger partial charge on any atom is -0.463 e. The van der Waals surface area contributed by atoms with E-state index in [-0.39, 0.29) is 12.1 Å². The van der Waals surface area contributed by atoms with Crippen molar-refractivity contribution in [3.05, 3.63) is 0 Å². The molecular weight excluding hydrogens is 216 g/mol. The van der Waals surface area contributed by atoms with E-state index in [9.17, 15) is 4.79 Å². The molecule has 3 nitrogen and oxygen atoms in total. The quantitative estimate of drug-likeness (QED) is 0.354. The Morgan fingerprint density at radius 3 is 2.71 bits per heavy atom. The van der Waals surface area contributed by atoms with Crippen LogP contribution in [-0.4, -0.2) is 24.8 Å². The largest absolute Gasteiger partial charge is 0.463 e. The lowest BCUT2D eigenvalue weighted by molar-refractivity contribution is -0.144. The zero-order valence-electron chi connectivity index (χ0n) is 11.4. The normalized spacial score (nSPS) is 22.8. The van der Waals surface area contributed by atoms with E-state index in [1.807, 2.05) is 6.92 Å². The van der Waals surface area contributed by atoms with E-state index < -0.39 is 0 Å². The van der Waals surface area contributed by atoms with Gasteiger partial charge in [0.1, 0.15) is 12.7 Å². The van der Waals surface area contributed by atoms with Crippen LogP contribution in [0.25, 0.3) is 0 Å². The van der Waals surface area contributed by atoms with E-state index in [1.54, 1.807) is 0 Å². The Morgan fingerprint density at radius 1 is 1.29 bits per heavy atom. The third-order valence-electron chi connectivity index (χ3n) is 3.07. The Morgan fingerprint density at radius 2 is 2.06 bits per heavy atom. The zero-order chi connectivity index (χ0) is 12.7. The molecule has 0 aromatic rings. The number of hydrogen-bond acceptors (Lipinski definition) is 3. The highest BCUT2D eigenvalue weighted by molar-refractivity contribution is 5.69. The molecule has 1 aliphatic heterocycles. The summed E-state index contributed by atoms with van der Waals surface area (Å²) in [6, 6.07) is 0. The molecule has 0 N–H and O–H groups in total. The molecule has 0 saturated carbocycles.